The molecule has 2 rings (SSSR count). The Morgan fingerprint density at radius 1 is 1.48 bits per heavy atom. The molecule has 0 unspecified atom stereocenters. The van der Waals surface area contributed by atoms with Crippen molar-refractivity contribution >= 4 is 17.3 Å². The maximum absolute atomic E-state index is 13.8. The second-order valence-corrected chi connectivity index (χ2v) is 5.74. The van der Waals surface area contributed by atoms with Crippen LogP contribution in [0.2, 0.25) is 0 Å². The van der Waals surface area contributed by atoms with Crippen LogP contribution < -0.4 is 0 Å². The van der Waals surface area contributed by atoms with E-state index in [9.17, 15) is 18.7 Å². The number of thiazole rings is 1. The van der Waals surface area contributed by atoms with Crippen molar-refractivity contribution in [2.75, 3.05) is 7.05 Å². The Morgan fingerprint density at radius 3 is 2.71 bits per heavy atom. The summed E-state index contributed by atoms with van der Waals surface area (Å²) >= 11 is 1.46. The lowest BCUT2D eigenvalue weighted by Gasteiger charge is -2.24. The SMILES string of the molecule is Cc1nc(CN(C)[C@@H](C(=O)O)c2ccc(F)cc2F)cs1. The van der Waals surface area contributed by atoms with Crippen LogP contribution in [0.1, 0.15) is 22.3 Å². The fourth-order valence-electron chi connectivity index (χ4n) is 2.11. The topological polar surface area (TPSA) is 53.4 Å². The van der Waals surface area contributed by atoms with E-state index in [1.54, 1.807) is 7.05 Å². The van der Waals surface area contributed by atoms with Gasteiger partial charge in [-0.15, -0.1) is 11.3 Å². The van der Waals surface area contributed by atoms with Gasteiger partial charge in [-0.05, 0) is 20.0 Å². The van der Waals surface area contributed by atoms with Crippen LogP contribution in [0.3, 0.4) is 0 Å². The van der Waals surface area contributed by atoms with Crippen molar-refractivity contribution in [1.29, 1.82) is 0 Å². The number of likely N-dealkylation sites (N-methyl/N-ethyl adjacent to an activating group) is 1. The third-order valence-electron chi connectivity index (χ3n) is 3.01. The van der Waals surface area contributed by atoms with Crippen LogP contribution in [-0.4, -0.2) is 28.0 Å². The van der Waals surface area contributed by atoms with Crippen LogP contribution in [0.5, 0.6) is 0 Å². The average Bonchev–Trinajstić information content (AvgIpc) is 2.77. The van der Waals surface area contributed by atoms with Crippen molar-refractivity contribution in [3.05, 3.63) is 51.5 Å². The lowest BCUT2D eigenvalue weighted by Crippen LogP contribution is -2.31. The van der Waals surface area contributed by atoms with E-state index in [1.165, 1.54) is 16.2 Å². The minimum atomic E-state index is -1.20. The number of aryl methyl sites for hydroxylation is 1. The first kappa shape index (κ1) is 15.5. The molecule has 0 bridgehead atoms. The Bertz CT molecular complexity index is 660. The van der Waals surface area contributed by atoms with Crippen molar-refractivity contribution in [3.8, 4) is 0 Å². The van der Waals surface area contributed by atoms with Gasteiger partial charge in [0, 0.05) is 23.6 Å². The standard InChI is InChI=1S/C14H14F2N2O2S/c1-8-17-10(7-21-8)6-18(2)13(14(19)20)11-4-3-9(15)5-12(11)16/h3-5,7,13H,6H2,1-2H3,(H,19,20)/t13-/m1/s1. The number of carbonyl (C=O) groups is 1. The number of carboxylic acids is 1. The third-order valence-corrected chi connectivity index (χ3v) is 3.83. The first-order valence-electron chi connectivity index (χ1n) is 6.17. The number of benzene rings is 1. The van der Waals surface area contributed by atoms with Crippen molar-refractivity contribution in [2.24, 2.45) is 0 Å². The van der Waals surface area contributed by atoms with Crippen LogP contribution in [-0.2, 0) is 11.3 Å². The highest BCUT2D eigenvalue weighted by molar-refractivity contribution is 7.09. The first-order valence-corrected chi connectivity index (χ1v) is 7.05. The molecule has 1 aromatic carbocycles. The molecule has 0 amide bonds. The molecule has 0 radical (unpaired) electrons. The number of aromatic nitrogens is 1. The Morgan fingerprint density at radius 2 is 2.19 bits per heavy atom. The maximum Gasteiger partial charge on any atom is 0.325 e. The zero-order valence-electron chi connectivity index (χ0n) is 11.5. The molecule has 1 heterocycles. The quantitative estimate of drug-likeness (QED) is 0.922. The maximum atomic E-state index is 13.8. The summed E-state index contributed by atoms with van der Waals surface area (Å²) in [4.78, 5) is 17.2. The second-order valence-electron chi connectivity index (χ2n) is 4.68. The Balaban J connectivity index is 2.27. The van der Waals surface area contributed by atoms with Gasteiger partial charge in [0.1, 0.15) is 17.7 Å². The van der Waals surface area contributed by atoms with Crippen LogP contribution in [0.25, 0.3) is 0 Å². The van der Waals surface area contributed by atoms with E-state index in [2.05, 4.69) is 4.98 Å². The molecule has 0 fully saturated rings. The summed E-state index contributed by atoms with van der Waals surface area (Å²) in [5.74, 6) is -2.81. The summed E-state index contributed by atoms with van der Waals surface area (Å²) < 4.78 is 26.8. The number of rotatable bonds is 5. The smallest absolute Gasteiger partial charge is 0.325 e. The number of carboxylic acid groups (broad SMARTS) is 1. The fraction of sp³-hybridized carbons (Fsp3) is 0.286. The van der Waals surface area contributed by atoms with E-state index in [0.717, 1.165) is 17.1 Å². The fourth-order valence-corrected chi connectivity index (χ4v) is 2.71. The van der Waals surface area contributed by atoms with Gasteiger partial charge in [-0.2, -0.15) is 0 Å². The molecule has 1 N–H and O–H groups in total. The van der Waals surface area contributed by atoms with Gasteiger partial charge in [-0.3, -0.25) is 9.69 Å². The van der Waals surface area contributed by atoms with Gasteiger partial charge in [-0.1, -0.05) is 6.07 Å². The Labute approximate surface area is 124 Å². The van der Waals surface area contributed by atoms with Gasteiger partial charge in [-0.25, -0.2) is 13.8 Å². The second kappa shape index (κ2) is 6.28. The predicted octanol–water partition coefficient (Wildman–Crippen LogP) is 2.99. The van der Waals surface area contributed by atoms with Gasteiger partial charge in [0.15, 0.2) is 0 Å². The number of halogens is 2. The summed E-state index contributed by atoms with van der Waals surface area (Å²) in [7, 11) is 1.57. The molecule has 0 saturated carbocycles. The molecular weight excluding hydrogens is 298 g/mol. The monoisotopic (exact) mass is 312 g/mol. The predicted molar refractivity (Wildman–Crippen MR) is 75.1 cm³/mol. The third kappa shape index (κ3) is 3.62. The molecule has 1 aromatic heterocycles. The average molecular weight is 312 g/mol. The van der Waals surface area contributed by atoms with E-state index in [0.29, 0.717) is 11.8 Å². The van der Waals surface area contributed by atoms with Gasteiger partial charge in [0.2, 0.25) is 0 Å². The molecule has 7 heteroatoms. The molecule has 2 aromatic rings. The zero-order chi connectivity index (χ0) is 15.6. The summed E-state index contributed by atoms with van der Waals surface area (Å²) in [6.07, 6.45) is 0. The number of aliphatic carboxylic acids is 1. The highest BCUT2D eigenvalue weighted by Crippen LogP contribution is 2.25. The van der Waals surface area contributed by atoms with Gasteiger partial charge < -0.3 is 5.11 Å². The summed E-state index contributed by atoms with van der Waals surface area (Å²) in [5, 5.41) is 12.1. The van der Waals surface area contributed by atoms with Crippen molar-refractivity contribution in [1.82, 2.24) is 9.88 Å². The van der Waals surface area contributed by atoms with E-state index in [-0.39, 0.29) is 12.1 Å². The first-order chi connectivity index (χ1) is 9.88. The number of hydrogen-bond acceptors (Lipinski definition) is 4. The Kier molecular flexibility index (Phi) is 4.64. The molecule has 0 saturated heterocycles. The summed E-state index contributed by atoms with van der Waals surface area (Å²) in [5.41, 5.74) is 0.645. The van der Waals surface area contributed by atoms with Crippen LogP contribution >= 0.6 is 11.3 Å². The van der Waals surface area contributed by atoms with Gasteiger partial charge in [0.05, 0.1) is 10.7 Å². The van der Waals surface area contributed by atoms with Gasteiger partial charge in [0.25, 0.3) is 0 Å². The van der Waals surface area contributed by atoms with Crippen molar-refractivity contribution < 1.29 is 18.7 Å². The molecule has 1 atom stereocenters. The van der Waals surface area contributed by atoms with E-state index in [4.69, 9.17) is 0 Å². The van der Waals surface area contributed by atoms with E-state index in [1.807, 2.05) is 12.3 Å². The Hall–Kier alpha value is -1.86. The lowest BCUT2D eigenvalue weighted by atomic mass is 10.0. The van der Waals surface area contributed by atoms with E-state index < -0.39 is 23.6 Å². The van der Waals surface area contributed by atoms with Crippen LogP contribution in [0, 0.1) is 18.6 Å². The molecule has 0 spiro atoms. The lowest BCUT2D eigenvalue weighted by molar-refractivity contribution is -0.143. The normalized spacial score (nSPS) is 12.6. The molecule has 0 aliphatic carbocycles. The minimum absolute atomic E-state index is 0.0710. The van der Waals surface area contributed by atoms with Crippen molar-refractivity contribution in [2.45, 2.75) is 19.5 Å². The number of nitrogens with zero attached hydrogens (tertiary/aromatic N) is 2. The minimum Gasteiger partial charge on any atom is -0.480 e. The molecule has 0 aliphatic rings. The van der Waals surface area contributed by atoms with Crippen LogP contribution in [0.15, 0.2) is 23.6 Å². The summed E-state index contributed by atoms with van der Waals surface area (Å²) in [6.45, 7) is 2.11. The molecule has 0 aliphatic heterocycles. The zero-order valence-corrected chi connectivity index (χ0v) is 12.3. The molecule has 4 nitrogen and oxygen atoms in total. The van der Waals surface area contributed by atoms with Gasteiger partial charge >= 0.3 is 5.97 Å². The highest BCUT2D eigenvalue weighted by atomic mass is 32.1. The number of hydrogen-bond donors (Lipinski definition) is 1. The largest absolute Gasteiger partial charge is 0.480 e. The van der Waals surface area contributed by atoms with Crippen molar-refractivity contribution in [3.63, 3.8) is 0 Å². The summed E-state index contributed by atoms with van der Waals surface area (Å²) in [6, 6.07) is 1.70. The molecule has 21 heavy (non-hydrogen) atoms. The molecular formula is C14H14F2N2O2S. The molecule has 112 valence electrons. The highest BCUT2D eigenvalue weighted by Gasteiger charge is 2.28. The van der Waals surface area contributed by atoms with Crippen LogP contribution in [0.4, 0.5) is 8.78 Å². The van der Waals surface area contributed by atoms with E-state index >= 15 is 0 Å².